The third kappa shape index (κ3) is 6.36. The van der Waals surface area contributed by atoms with E-state index < -0.39 is 12.1 Å². The lowest BCUT2D eigenvalue weighted by molar-refractivity contribution is -0.128. The maximum atomic E-state index is 13.2. The number of fused-ring (bicyclic) bond motifs is 1. The van der Waals surface area contributed by atoms with Crippen LogP contribution < -0.4 is 20.7 Å². The number of nitrogens with zero attached hydrogens (tertiary/aromatic N) is 1. The van der Waals surface area contributed by atoms with Gasteiger partial charge in [0.2, 0.25) is 11.8 Å². The summed E-state index contributed by atoms with van der Waals surface area (Å²) in [5.74, 6) is 0.0232. The Morgan fingerprint density at radius 2 is 2.09 bits per heavy atom. The van der Waals surface area contributed by atoms with E-state index in [-0.39, 0.29) is 29.6 Å². The van der Waals surface area contributed by atoms with E-state index >= 15 is 0 Å². The second kappa shape index (κ2) is 11.7. The van der Waals surface area contributed by atoms with Crippen LogP contribution in [0.5, 0.6) is 5.75 Å². The lowest BCUT2D eigenvalue weighted by Gasteiger charge is -2.27. The summed E-state index contributed by atoms with van der Waals surface area (Å²) in [6, 6.07) is 6.14. The van der Waals surface area contributed by atoms with Crippen molar-refractivity contribution in [3.8, 4) is 5.75 Å². The molecule has 3 atom stereocenters. The number of ether oxygens (including phenoxy) is 1. The summed E-state index contributed by atoms with van der Waals surface area (Å²) >= 11 is 0. The number of nitrogens with one attached hydrogen (secondary N) is 4. The molecule has 0 unspecified atom stereocenters. The molecule has 1 aromatic heterocycles. The molecule has 0 bridgehead atoms. The van der Waals surface area contributed by atoms with Gasteiger partial charge in [0.1, 0.15) is 17.5 Å². The molecule has 1 aliphatic rings. The van der Waals surface area contributed by atoms with Crippen LogP contribution in [0.3, 0.4) is 0 Å². The summed E-state index contributed by atoms with van der Waals surface area (Å²) in [5.41, 5.74) is 1.13. The molecule has 1 aromatic carbocycles. The first-order valence-electron chi connectivity index (χ1n) is 11.8. The molecule has 2 aromatic rings. The van der Waals surface area contributed by atoms with Crippen molar-refractivity contribution in [3.05, 3.63) is 30.0 Å². The van der Waals surface area contributed by atoms with Gasteiger partial charge in [-0.1, -0.05) is 19.9 Å². The number of amides is 3. The van der Waals surface area contributed by atoms with E-state index in [1.165, 1.54) is 0 Å². The van der Waals surface area contributed by atoms with E-state index in [2.05, 4.69) is 25.9 Å². The van der Waals surface area contributed by atoms with Crippen molar-refractivity contribution in [1.82, 2.24) is 20.9 Å². The van der Waals surface area contributed by atoms with E-state index in [0.717, 1.165) is 23.7 Å². The molecule has 2 heterocycles. The van der Waals surface area contributed by atoms with Gasteiger partial charge in [-0.15, -0.1) is 0 Å². The molecule has 184 valence electrons. The second-order valence-corrected chi connectivity index (χ2v) is 9.15. The highest BCUT2D eigenvalue weighted by atomic mass is 16.5. The lowest BCUT2D eigenvalue weighted by atomic mass is 9.91. The maximum absolute atomic E-state index is 13.2. The Bertz CT molecular complexity index is 1050. The quantitative estimate of drug-likeness (QED) is 0.399. The molecule has 0 radical (unpaired) electrons. The Kier molecular flexibility index (Phi) is 8.67. The van der Waals surface area contributed by atoms with Crippen molar-refractivity contribution >= 4 is 34.8 Å². The van der Waals surface area contributed by atoms with Gasteiger partial charge in [-0.2, -0.15) is 0 Å². The molecule has 0 saturated carbocycles. The van der Waals surface area contributed by atoms with Crippen LogP contribution >= 0.6 is 0 Å². The molecule has 0 aliphatic carbocycles. The third-order valence-corrected chi connectivity index (χ3v) is 6.01. The fraction of sp³-hybridized carbons (Fsp3) is 0.520. The smallest absolute Gasteiger partial charge is 0.268 e. The van der Waals surface area contributed by atoms with Gasteiger partial charge in [-0.05, 0) is 49.8 Å². The number of piperidine rings is 1. The van der Waals surface area contributed by atoms with Crippen LogP contribution in [0.2, 0.25) is 0 Å². The van der Waals surface area contributed by atoms with Crippen LogP contribution in [0.4, 0.5) is 0 Å². The van der Waals surface area contributed by atoms with Crippen LogP contribution in [0, 0.1) is 11.8 Å². The largest absolute Gasteiger partial charge is 0.496 e. The summed E-state index contributed by atoms with van der Waals surface area (Å²) in [6.45, 7) is 4.69. The molecule has 4 N–H and O–H groups in total. The number of aliphatic imine (C=N–C) groups is 1. The highest BCUT2D eigenvalue weighted by Crippen LogP contribution is 2.26. The van der Waals surface area contributed by atoms with Gasteiger partial charge in [0, 0.05) is 36.6 Å². The van der Waals surface area contributed by atoms with Gasteiger partial charge >= 0.3 is 0 Å². The highest BCUT2D eigenvalue weighted by molar-refractivity contribution is 6.01. The first-order valence-corrected chi connectivity index (χ1v) is 11.8. The number of methoxy groups -OCH3 is 1. The number of aromatic nitrogens is 1. The van der Waals surface area contributed by atoms with Crippen LogP contribution in [0.1, 0.15) is 50.0 Å². The van der Waals surface area contributed by atoms with Crippen LogP contribution in [0.15, 0.2) is 29.3 Å². The Morgan fingerprint density at radius 3 is 2.76 bits per heavy atom. The van der Waals surface area contributed by atoms with Gasteiger partial charge in [-0.25, -0.2) is 0 Å². The number of rotatable bonds is 10. The molecular formula is C25H35N5O4. The average Bonchev–Trinajstić information content (AvgIpc) is 3.24. The first kappa shape index (κ1) is 25.3. The highest BCUT2D eigenvalue weighted by Gasteiger charge is 2.29. The Labute approximate surface area is 200 Å². The van der Waals surface area contributed by atoms with Crippen molar-refractivity contribution < 1.29 is 19.1 Å². The molecule has 3 amide bonds. The van der Waals surface area contributed by atoms with Crippen LogP contribution in [0.25, 0.3) is 10.9 Å². The summed E-state index contributed by atoms with van der Waals surface area (Å²) in [6.07, 6.45) is 4.30. The van der Waals surface area contributed by atoms with Gasteiger partial charge in [0.05, 0.1) is 13.2 Å². The van der Waals surface area contributed by atoms with Gasteiger partial charge in [0.15, 0.2) is 0 Å². The van der Waals surface area contributed by atoms with Gasteiger partial charge in [-0.3, -0.25) is 19.4 Å². The number of carbonyl (C=O) groups is 3. The minimum Gasteiger partial charge on any atom is -0.496 e. The lowest BCUT2D eigenvalue weighted by Crippen LogP contribution is -2.51. The van der Waals surface area contributed by atoms with E-state index in [4.69, 9.17) is 4.74 Å². The number of carbonyl (C=O) groups excluding carboxylic acids is 3. The zero-order valence-electron chi connectivity index (χ0n) is 20.3. The summed E-state index contributed by atoms with van der Waals surface area (Å²) in [7, 11) is 3.22. The number of aromatic amines is 1. The number of H-pyrrole nitrogens is 1. The molecule has 0 spiro atoms. The molecule has 9 heteroatoms. The van der Waals surface area contributed by atoms with Crippen molar-refractivity contribution in [1.29, 1.82) is 0 Å². The zero-order chi connectivity index (χ0) is 24.7. The Balaban J connectivity index is 1.72. The molecule has 1 saturated heterocycles. The molecule has 3 rings (SSSR count). The van der Waals surface area contributed by atoms with E-state index in [1.54, 1.807) is 26.4 Å². The first-order chi connectivity index (χ1) is 16.3. The van der Waals surface area contributed by atoms with Gasteiger partial charge < -0.3 is 25.7 Å². The normalized spacial score (nSPS) is 18.0. The van der Waals surface area contributed by atoms with E-state index in [1.807, 2.05) is 32.0 Å². The van der Waals surface area contributed by atoms with Gasteiger partial charge in [0.25, 0.3) is 5.91 Å². The number of hydrogen-bond donors (Lipinski definition) is 4. The molecule has 1 fully saturated rings. The van der Waals surface area contributed by atoms with E-state index in [0.29, 0.717) is 30.8 Å². The fourth-order valence-corrected chi connectivity index (χ4v) is 4.35. The predicted octanol–water partition coefficient (Wildman–Crippen LogP) is 2.42. The van der Waals surface area contributed by atoms with Crippen molar-refractivity contribution in [2.24, 2.45) is 16.8 Å². The SMILES string of the molecule is C/N=C\[C@H](C[C@@H]1CCCNC1=O)NC(=O)[C@H](CC(C)C)NC(=O)c1cc2c(OC)cccc2[nH]1. The van der Waals surface area contributed by atoms with E-state index in [9.17, 15) is 14.4 Å². The molecular weight excluding hydrogens is 434 g/mol. The second-order valence-electron chi connectivity index (χ2n) is 9.15. The van der Waals surface area contributed by atoms with Crippen LogP contribution in [-0.4, -0.2) is 61.7 Å². The minimum atomic E-state index is -0.728. The average molecular weight is 470 g/mol. The Hall–Kier alpha value is -3.36. The standard InChI is InChI=1S/C25H35N5O4/c1-15(2)11-20(24(32)28-17(14-26-3)12-16-7-6-10-27-23(16)31)30-25(33)21-13-18-19(29-21)8-5-9-22(18)34-4/h5,8-9,13-17,20,29H,6-7,10-12H2,1-4H3,(H,27,31)(H,28,32)(H,30,33)/b26-14-/t16-,17-,20-/m0/s1. The van der Waals surface area contributed by atoms with Crippen molar-refractivity contribution in [3.63, 3.8) is 0 Å². The summed E-state index contributed by atoms with van der Waals surface area (Å²) in [5, 5.41) is 9.53. The Morgan fingerprint density at radius 1 is 1.29 bits per heavy atom. The molecule has 1 aliphatic heterocycles. The van der Waals surface area contributed by atoms with Crippen LogP contribution in [-0.2, 0) is 9.59 Å². The monoisotopic (exact) mass is 469 g/mol. The number of hydrogen-bond acceptors (Lipinski definition) is 5. The summed E-state index contributed by atoms with van der Waals surface area (Å²) < 4.78 is 5.37. The topological polar surface area (TPSA) is 125 Å². The number of benzene rings is 1. The zero-order valence-corrected chi connectivity index (χ0v) is 20.3. The molecule has 34 heavy (non-hydrogen) atoms. The maximum Gasteiger partial charge on any atom is 0.268 e. The van der Waals surface area contributed by atoms with Crippen molar-refractivity contribution in [2.75, 3.05) is 20.7 Å². The summed E-state index contributed by atoms with van der Waals surface area (Å²) in [4.78, 5) is 45.6. The predicted molar refractivity (Wildman–Crippen MR) is 132 cm³/mol. The minimum absolute atomic E-state index is 0.0104. The third-order valence-electron chi connectivity index (χ3n) is 6.01. The fourth-order valence-electron chi connectivity index (χ4n) is 4.35. The molecule has 9 nitrogen and oxygen atoms in total. The van der Waals surface area contributed by atoms with Crippen molar-refractivity contribution in [2.45, 2.75) is 51.6 Å².